The van der Waals surface area contributed by atoms with E-state index in [0.717, 1.165) is 12.8 Å². The molecule has 0 radical (unpaired) electrons. The van der Waals surface area contributed by atoms with Gasteiger partial charge in [0.05, 0.1) is 6.61 Å². The molecular formula is C16H35IN4O2. The molecule has 1 amide bonds. The van der Waals surface area contributed by atoms with Crippen molar-refractivity contribution in [1.82, 2.24) is 15.5 Å². The summed E-state index contributed by atoms with van der Waals surface area (Å²) >= 11 is 0. The number of amides is 1. The van der Waals surface area contributed by atoms with Crippen LogP contribution in [0.5, 0.6) is 0 Å². The van der Waals surface area contributed by atoms with E-state index in [1.54, 1.807) is 26.1 Å². The molecule has 7 heteroatoms. The van der Waals surface area contributed by atoms with Gasteiger partial charge in [0.25, 0.3) is 0 Å². The van der Waals surface area contributed by atoms with Crippen LogP contribution >= 0.6 is 24.0 Å². The van der Waals surface area contributed by atoms with Crippen LogP contribution in [-0.2, 0) is 9.53 Å². The highest BCUT2D eigenvalue weighted by atomic mass is 127. The van der Waals surface area contributed by atoms with Crippen molar-refractivity contribution in [2.75, 3.05) is 40.9 Å². The molecular weight excluding hydrogens is 407 g/mol. The van der Waals surface area contributed by atoms with Crippen molar-refractivity contribution in [2.45, 2.75) is 46.6 Å². The number of ether oxygens (including phenoxy) is 1. The van der Waals surface area contributed by atoms with Gasteiger partial charge in [0, 0.05) is 33.8 Å². The van der Waals surface area contributed by atoms with Crippen LogP contribution < -0.4 is 10.6 Å². The quantitative estimate of drug-likeness (QED) is 0.262. The number of rotatable bonds is 8. The van der Waals surface area contributed by atoms with Crippen molar-refractivity contribution in [3.8, 4) is 0 Å². The molecule has 0 rings (SSSR count). The zero-order chi connectivity index (χ0) is 17.2. The van der Waals surface area contributed by atoms with E-state index >= 15 is 0 Å². The Labute approximate surface area is 158 Å². The number of carbonyl (C=O) groups is 1. The van der Waals surface area contributed by atoms with Crippen molar-refractivity contribution in [1.29, 1.82) is 0 Å². The second-order valence-electron chi connectivity index (χ2n) is 7.02. The van der Waals surface area contributed by atoms with Crippen molar-refractivity contribution in [2.24, 2.45) is 10.4 Å². The van der Waals surface area contributed by atoms with Crippen molar-refractivity contribution in [3.05, 3.63) is 0 Å². The number of aliphatic imine (C=N–C) groups is 1. The molecule has 0 aliphatic heterocycles. The van der Waals surface area contributed by atoms with E-state index in [4.69, 9.17) is 4.74 Å². The fourth-order valence-electron chi connectivity index (χ4n) is 1.67. The summed E-state index contributed by atoms with van der Waals surface area (Å²) in [5.74, 6) is 0.642. The Morgan fingerprint density at radius 3 is 2.39 bits per heavy atom. The van der Waals surface area contributed by atoms with Gasteiger partial charge in [-0.3, -0.25) is 4.79 Å². The van der Waals surface area contributed by atoms with Crippen LogP contribution in [0.25, 0.3) is 0 Å². The lowest BCUT2D eigenvalue weighted by Gasteiger charge is -2.23. The Balaban J connectivity index is 0. The van der Waals surface area contributed by atoms with E-state index in [2.05, 4.69) is 43.3 Å². The maximum Gasteiger partial charge on any atom is 0.243 e. The van der Waals surface area contributed by atoms with Crippen LogP contribution in [-0.4, -0.2) is 63.7 Å². The topological polar surface area (TPSA) is 66.0 Å². The third kappa shape index (κ3) is 14.7. The minimum Gasteiger partial charge on any atom is -0.383 e. The Hall–Kier alpha value is -0.570. The monoisotopic (exact) mass is 442 g/mol. The fourth-order valence-corrected chi connectivity index (χ4v) is 1.67. The van der Waals surface area contributed by atoms with Gasteiger partial charge < -0.3 is 20.3 Å². The molecule has 0 heterocycles. The number of likely N-dealkylation sites (N-methyl/N-ethyl adjacent to an activating group) is 1. The first kappa shape index (κ1) is 24.7. The number of halogens is 1. The summed E-state index contributed by atoms with van der Waals surface area (Å²) in [6, 6.07) is 0.294. The first-order chi connectivity index (χ1) is 10.2. The molecule has 6 nitrogen and oxygen atoms in total. The fraction of sp³-hybridized carbons (Fsp3) is 0.875. The lowest BCUT2D eigenvalue weighted by atomic mass is 9.89. The van der Waals surface area contributed by atoms with Crippen LogP contribution in [0.4, 0.5) is 0 Å². The lowest BCUT2D eigenvalue weighted by Crippen LogP contribution is -2.44. The van der Waals surface area contributed by atoms with Crippen LogP contribution in [0.1, 0.15) is 40.5 Å². The van der Waals surface area contributed by atoms with Crippen LogP contribution in [0, 0.1) is 5.41 Å². The van der Waals surface area contributed by atoms with Crippen molar-refractivity contribution < 1.29 is 9.53 Å². The summed E-state index contributed by atoms with van der Waals surface area (Å²) in [7, 11) is 5.12. The summed E-state index contributed by atoms with van der Waals surface area (Å²) in [4.78, 5) is 17.5. The normalized spacial score (nSPS) is 13.1. The molecule has 0 saturated carbocycles. The Bertz CT molecular complexity index is 354. The van der Waals surface area contributed by atoms with Gasteiger partial charge in [0.1, 0.15) is 6.54 Å². The predicted molar refractivity (Wildman–Crippen MR) is 108 cm³/mol. The zero-order valence-corrected chi connectivity index (χ0v) is 18.1. The summed E-state index contributed by atoms with van der Waals surface area (Å²) in [6.07, 6.45) is 2.18. The Kier molecular flexibility index (Phi) is 13.7. The predicted octanol–water partition coefficient (Wildman–Crippen LogP) is 2.09. The third-order valence-electron chi connectivity index (χ3n) is 3.18. The molecule has 0 aromatic carbocycles. The average molecular weight is 442 g/mol. The lowest BCUT2D eigenvalue weighted by molar-refractivity contribution is -0.127. The highest BCUT2D eigenvalue weighted by molar-refractivity contribution is 14.0. The summed E-state index contributed by atoms with van der Waals surface area (Å²) in [6.45, 7) is 10.2. The highest BCUT2D eigenvalue weighted by Crippen LogP contribution is 2.21. The second kappa shape index (κ2) is 12.8. The molecule has 0 aliphatic rings. The minimum absolute atomic E-state index is 0. The molecule has 0 aliphatic carbocycles. The first-order valence-electron chi connectivity index (χ1n) is 7.89. The van der Waals surface area contributed by atoms with Gasteiger partial charge in [-0.15, -0.1) is 24.0 Å². The van der Waals surface area contributed by atoms with E-state index in [1.807, 2.05) is 0 Å². The molecule has 0 fully saturated rings. The van der Waals surface area contributed by atoms with Crippen LogP contribution in [0.15, 0.2) is 4.99 Å². The van der Waals surface area contributed by atoms with Crippen molar-refractivity contribution >= 4 is 35.8 Å². The first-order valence-corrected chi connectivity index (χ1v) is 7.89. The summed E-state index contributed by atoms with van der Waals surface area (Å²) < 4.78 is 5.03. The molecule has 1 unspecified atom stereocenters. The second-order valence-corrected chi connectivity index (χ2v) is 7.02. The largest absolute Gasteiger partial charge is 0.383 e. The molecule has 0 aromatic heterocycles. The zero-order valence-electron chi connectivity index (χ0n) is 15.7. The van der Waals surface area contributed by atoms with Gasteiger partial charge in [-0.2, -0.15) is 0 Å². The van der Waals surface area contributed by atoms with Gasteiger partial charge >= 0.3 is 0 Å². The molecule has 0 spiro atoms. The number of nitrogens with zero attached hydrogens (tertiary/aromatic N) is 2. The maximum atomic E-state index is 11.7. The molecule has 23 heavy (non-hydrogen) atoms. The van der Waals surface area contributed by atoms with Gasteiger partial charge in [0.2, 0.25) is 5.91 Å². The molecule has 138 valence electrons. The highest BCUT2D eigenvalue weighted by Gasteiger charge is 2.13. The number of nitrogens with one attached hydrogen (secondary N) is 2. The van der Waals surface area contributed by atoms with Gasteiger partial charge in [-0.25, -0.2) is 4.99 Å². The maximum absolute atomic E-state index is 11.7. The van der Waals surface area contributed by atoms with Crippen molar-refractivity contribution in [3.63, 3.8) is 0 Å². The standard InChI is InChI=1S/C16H34N4O2.HI/c1-13(8-9-16(2,3)4)19-15(17-10-11-22-7)18-12-14(21)20(5)6;/h13H,8-12H2,1-7H3,(H2,17,18,19);1H. The van der Waals surface area contributed by atoms with Gasteiger partial charge in [-0.1, -0.05) is 20.8 Å². The molecule has 0 bridgehead atoms. The number of methoxy groups -OCH3 is 1. The molecule has 0 aromatic rings. The third-order valence-corrected chi connectivity index (χ3v) is 3.18. The number of guanidine groups is 1. The summed E-state index contributed by atoms with van der Waals surface area (Å²) in [5.41, 5.74) is 0.317. The van der Waals surface area contributed by atoms with E-state index in [9.17, 15) is 4.79 Å². The van der Waals surface area contributed by atoms with E-state index in [1.165, 1.54) is 0 Å². The van der Waals surface area contributed by atoms with Crippen LogP contribution in [0.2, 0.25) is 0 Å². The number of hydrogen-bond donors (Lipinski definition) is 2. The number of carbonyl (C=O) groups excluding carboxylic acids is 1. The van der Waals surface area contributed by atoms with E-state index in [0.29, 0.717) is 30.6 Å². The average Bonchev–Trinajstić information content (AvgIpc) is 2.41. The van der Waals surface area contributed by atoms with Crippen LogP contribution in [0.3, 0.4) is 0 Å². The van der Waals surface area contributed by atoms with Gasteiger partial charge in [0.15, 0.2) is 5.96 Å². The van der Waals surface area contributed by atoms with E-state index in [-0.39, 0.29) is 36.4 Å². The molecule has 1 atom stereocenters. The summed E-state index contributed by atoms with van der Waals surface area (Å²) in [5, 5.41) is 6.54. The minimum atomic E-state index is -0.0183. The smallest absolute Gasteiger partial charge is 0.243 e. The van der Waals surface area contributed by atoms with Gasteiger partial charge in [-0.05, 0) is 25.2 Å². The molecule has 0 saturated heterocycles. The Morgan fingerprint density at radius 2 is 1.91 bits per heavy atom. The Morgan fingerprint density at radius 1 is 1.30 bits per heavy atom. The number of hydrogen-bond acceptors (Lipinski definition) is 3. The molecule has 2 N–H and O–H groups in total. The van der Waals surface area contributed by atoms with E-state index < -0.39 is 0 Å². The SMILES string of the molecule is COCCNC(=NCC(=O)N(C)C)NC(C)CCC(C)(C)C.I.